The van der Waals surface area contributed by atoms with Crippen LogP contribution in [0, 0.1) is 17.9 Å². The summed E-state index contributed by atoms with van der Waals surface area (Å²) in [5.41, 5.74) is 9.07. The molecule has 2 aromatic carbocycles. The Morgan fingerprint density at radius 2 is 1.74 bits per heavy atom. The molecule has 0 radical (unpaired) electrons. The molecule has 0 bridgehead atoms. The maximum Gasteiger partial charge on any atom is 0.509 e. The molecule has 0 saturated carbocycles. The van der Waals surface area contributed by atoms with Gasteiger partial charge < -0.3 is 44.5 Å². The monoisotopic (exact) mass is 832 g/mol. The lowest BCUT2D eigenvalue weighted by molar-refractivity contribution is -0.207. The van der Waals surface area contributed by atoms with E-state index in [0.29, 0.717) is 29.8 Å². The fourth-order valence-electron chi connectivity index (χ4n) is 5.46. The van der Waals surface area contributed by atoms with Crippen LogP contribution < -0.4 is 15.4 Å². The molecular formula is C35H41BrN6O11S. The topological polar surface area (TPSA) is 242 Å². The summed E-state index contributed by atoms with van der Waals surface area (Å²) >= 11 is 4.27. The number of carbonyl (C=O) groups excluding carboxylic acids is 4. The van der Waals surface area contributed by atoms with Crippen LogP contribution in [0.2, 0.25) is 0 Å². The number of azide groups is 1. The maximum absolute atomic E-state index is 13.9. The molecule has 0 aromatic heterocycles. The van der Waals surface area contributed by atoms with Gasteiger partial charge in [-0.1, -0.05) is 47.0 Å². The van der Waals surface area contributed by atoms with Crippen molar-refractivity contribution in [3.05, 3.63) is 70.1 Å². The van der Waals surface area contributed by atoms with Gasteiger partial charge in [0.1, 0.15) is 42.2 Å². The number of hydrogen-bond acceptors (Lipinski definition) is 13. The number of halogens is 1. The van der Waals surface area contributed by atoms with Crippen molar-refractivity contribution in [3.8, 4) is 17.7 Å². The van der Waals surface area contributed by atoms with Crippen LogP contribution in [-0.4, -0.2) is 111 Å². The highest BCUT2D eigenvalue weighted by Gasteiger charge is 2.45. The molecule has 3 amide bonds. The zero-order chi connectivity index (χ0) is 39.2. The van der Waals surface area contributed by atoms with Crippen LogP contribution in [0.1, 0.15) is 43.9 Å². The fourth-order valence-corrected chi connectivity index (χ4v) is 6.67. The van der Waals surface area contributed by atoms with E-state index in [4.69, 9.17) is 24.5 Å². The molecule has 2 saturated heterocycles. The number of thioether (sulfide) groups is 1. The van der Waals surface area contributed by atoms with Gasteiger partial charge in [0.05, 0.1) is 5.33 Å². The number of alkyl halides is 1. The standard InChI is InChI=1S/C35H41BrN6O11S/c1-20(2)54-34-30(46)29(45)28(44)26(52-34)18-50-35(49)53-31(22-5-9-25(10-6-22)51-19-39-41-37)33(48)42-15-12-23(13-16-42)32(47)40-24-7-3-21(4-8-24)11-14-38-27(43)17-36/h3-10,20,23,26,28-31,34,44-46H,12-13,15-19H2,1-2H3,(H,38,43)(H,40,47)/t26?,28-,29-,30?,31?,34-/m0/s1. The minimum atomic E-state index is -1.57. The first kappa shape index (κ1) is 42.2. The molecule has 2 aliphatic rings. The number of nitrogens with zero attached hydrogens (tertiary/aromatic N) is 4. The highest BCUT2D eigenvalue weighted by molar-refractivity contribution is 9.09. The first-order chi connectivity index (χ1) is 25.9. The van der Waals surface area contributed by atoms with E-state index in [1.54, 1.807) is 24.3 Å². The highest BCUT2D eigenvalue weighted by Crippen LogP contribution is 2.32. The minimum absolute atomic E-state index is 0.0196. The van der Waals surface area contributed by atoms with Crippen molar-refractivity contribution in [1.82, 2.24) is 10.2 Å². The molecule has 290 valence electrons. The molecule has 4 rings (SSSR count). The number of likely N-dealkylation sites (tertiary alicyclic amines) is 1. The Bertz CT molecular complexity index is 1710. The average molecular weight is 834 g/mol. The van der Waals surface area contributed by atoms with Gasteiger partial charge in [-0.05, 0) is 60.7 Å². The Morgan fingerprint density at radius 3 is 2.37 bits per heavy atom. The number of benzene rings is 2. The van der Waals surface area contributed by atoms with Gasteiger partial charge in [0, 0.05) is 52.0 Å². The van der Waals surface area contributed by atoms with Crippen LogP contribution in [0.25, 0.3) is 10.4 Å². The summed E-state index contributed by atoms with van der Waals surface area (Å²) in [6.07, 6.45) is -7.74. The summed E-state index contributed by atoms with van der Waals surface area (Å²) in [5.74, 6) is 1.66. The summed E-state index contributed by atoms with van der Waals surface area (Å²) in [6, 6.07) is 15.3. The van der Waals surface area contributed by atoms with E-state index in [2.05, 4.69) is 48.6 Å². The second-order valence-corrected chi connectivity index (χ2v) is 14.7. The first-order valence-electron chi connectivity index (χ1n) is 16.9. The predicted octanol–water partition coefficient (Wildman–Crippen LogP) is 3.17. The second kappa shape index (κ2) is 20.8. The van der Waals surface area contributed by atoms with Gasteiger partial charge in [0.15, 0.2) is 6.73 Å². The number of ether oxygens (including phenoxy) is 4. The molecule has 6 atom stereocenters. The van der Waals surface area contributed by atoms with Gasteiger partial charge in [0.2, 0.25) is 17.9 Å². The van der Waals surface area contributed by atoms with Crippen molar-refractivity contribution in [2.75, 3.05) is 37.1 Å². The van der Waals surface area contributed by atoms with Crippen LogP contribution in [0.5, 0.6) is 5.75 Å². The normalized spacial score (nSPS) is 21.8. The minimum Gasteiger partial charge on any atom is -0.488 e. The molecule has 0 aliphatic carbocycles. The number of aliphatic hydroxyl groups excluding tert-OH is 3. The average Bonchev–Trinajstić information content (AvgIpc) is 3.17. The maximum atomic E-state index is 13.9. The molecule has 17 nitrogen and oxygen atoms in total. The number of nitrogens with one attached hydrogen (secondary N) is 2. The van der Waals surface area contributed by atoms with Crippen molar-refractivity contribution in [2.24, 2.45) is 11.0 Å². The Morgan fingerprint density at radius 1 is 1.06 bits per heavy atom. The molecule has 2 aliphatic heterocycles. The van der Waals surface area contributed by atoms with Crippen LogP contribution >= 0.6 is 27.7 Å². The van der Waals surface area contributed by atoms with Gasteiger partial charge in [-0.2, -0.15) is 0 Å². The highest BCUT2D eigenvalue weighted by atomic mass is 79.9. The molecule has 54 heavy (non-hydrogen) atoms. The molecule has 2 heterocycles. The number of carbonyl (C=O) groups is 4. The number of rotatable bonds is 13. The fraction of sp³-hybridized carbons (Fsp3) is 0.486. The van der Waals surface area contributed by atoms with Gasteiger partial charge >= 0.3 is 6.16 Å². The zero-order valence-electron chi connectivity index (χ0n) is 29.4. The molecule has 3 unspecified atom stereocenters. The summed E-state index contributed by atoms with van der Waals surface area (Å²) < 4.78 is 21.8. The van der Waals surface area contributed by atoms with Crippen molar-refractivity contribution in [3.63, 3.8) is 0 Å². The van der Waals surface area contributed by atoms with Crippen molar-refractivity contribution >= 4 is 57.3 Å². The van der Waals surface area contributed by atoms with Crippen molar-refractivity contribution < 1.29 is 53.4 Å². The lowest BCUT2D eigenvalue weighted by Crippen LogP contribution is -2.58. The number of piperidine rings is 1. The quantitative estimate of drug-likeness (QED) is 0.0372. The second-order valence-electron chi connectivity index (χ2n) is 12.4. The van der Waals surface area contributed by atoms with Crippen molar-refractivity contribution in [1.29, 1.82) is 0 Å². The van der Waals surface area contributed by atoms with E-state index in [0.717, 1.165) is 0 Å². The van der Waals surface area contributed by atoms with Gasteiger partial charge in [-0.25, -0.2) is 4.79 Å². The third kappa shape index (κ3) is 12.2. The Balaban J connectivity index is 1.38. The van der Waals surface area contributed by atoms with E-state index in [1.165, 1.54) is 40.9 Å². The Labute approximate surface area is 323 Å². The number of anilines is 1. The van der Waals surface area contributed by atoms with Gasteiger partial charge in [0.25, 0.3) is 5.91 Å². The van der Waals surface area contributed by atoms with E-state index >= 15 is 0 Å². The lowest BCUT2D eigenvalue weighted by atomic mass is 9.95. The van der Waals surface area contributed by atoms with Crippen LogP contribution in [0.3, 0.4) is 0 Å². The van der Waals surface area contributed by atoms with E-state index < -0.39 is 60.5 Å². The summed E-state index contributed by atoms with van der Waals surface area (Å²) in [7, 11) is 0. The van der Waals surface area contributed by atoms with Gasteiger partial charge in [-0.15, -0.1) is 11.8 Å². The van der Waals surface area contributed by atoms with Crippen LogP contribution in [0.4, 0.5) is 10.5 Å². The number of aliphatic hydroxyl groups is 3. The van der Waals surface area contributed by atoms with E-state index in [-0.39, 0.29) is 47.8 Å². The molecule has 2 aromatic rings. The SMILES string of the molecule is CC(C)S[C@@H]1OC(COC(=O)OC(C(=O)N2CCC(C(=O)Nc3ccc(C#CNC(=O)CBr)cc3)CC2)c2ccc(OCN=[N+]=[N-])cc2)[C@H](O)[C@H](O)C1O. The van der Waals surface area contributed by atoms with Gasteiger partial charge in [-0.3, -0.25) is 19.7 Å². The predicted molar refractivity (Wildman–Crippen MR) is 199 cm³/mol. The van der Waals surface area contributed by atoms with Crippen molar-refractivity contribution in [2.45, 2.75) is 67.9 Å². The molecule has 2 fully saturated rings. The summed E-state index contributed by atoms with van der Waals surface area (Å²) in [6.45, 7) is 3.29. The first-order valence-corrected chi connectivity index (χ1v) is 18.9. The molecule has 5 N–H and O–H groups in total. The third-order valence-corrected chi connectivity index (χ3v) is 9.99. The van der Waals surface area contributed by atoms with E-state index in [9.17, 15) is 34.5 Å². The zero-order valence-corrected chi connectivity index (χ0v) is 31.8. The Hall–Kier alpha value is -4.54. The molecular weight excluding hydrogens is 792 g/mol. The molecule has 19 heteroatoms. The smallest absolute Gasteiger partial charge is 0.488 e. The third-order valence-electron chi connectivity index (χ3n) is 8.27. The number of hydrogen-bond donors (Lipinski definition) is 5. The largest absolute Gasteiger partial charge is 0.509 e. The summed E-state index contributed by atoms with van der Waals surface area (Å²) in [5, 5.41) is 39.9. The summed E-state index contributed by atoms with van der Waals surface area (Å²) in [4.78, 5) is 55.4. The lowest BCUT2D eigenvalue weighted by Gasteiger charge is -2.40. The van der Waals surface area contributed by atoms with Crippen LogP contribution in [0.15, 0.2) is 53.6 Å². The number of amides is 3. The van der Waals surface area contributed by atoms with E-state index in [1.807, 2.05) is 13.8 Å². The molecule has 0 spiro atoms. The Kier molecular flexibility index (Phi) is 16.2. The van der Waals surface area contributed by atoms with Crippen LogP contribution in [-0.2, 0) is 28.6 Å².